The molecule has 0 radical (unpaired) electrons. The van der Waals surface area contributed by atoms with Crippen LogP contribution in [0.15, 0.2) is 64.5 Å². The van der Waals surface area contributed by atoms with Crippen molar-refractivity contribution < 1.29 is 9.15 Å². The number of piperidine rings is 1. The summed E-state index contributed by atoms with van der Waals surface area (Å²) in [5, 5.41) is 6.91. The molecular formula is C26H26N8O3. The zero-order chi connectivity index (χ0) is 25.4. The monoisotopic (exact) mass is 498 g/mol. The Bertz CT molecular complexity index is 1660. The summed E-state index contributed by atoms with van der Waals surface area (Å²) in [6.07, 6.45) is 5.12. The molecule has 11 nitrogen and oxygen atoms in total. The predicted octanol–water partition coefficient (Wildman–Crippen LogP) is 3.49. The molecule has 1 aromatic carbocycles. The molecule has 5 heterocycles. The molecule has 188 valence electrons. The van der Waals surface area contributed by atoms with E-state index in [0.717, 1.165) is 37.1 Å². The number of anilines is 2. The first-order valence-corrected chi connectivity index (χ1v) is 12.2. The number of hydrogen-bond acceptors (Lipinski definition) is 9. The van der Waals surface area contributed by atoms with Crippen LogP contribution in [-0.2, 0) is 6.54 Å². The Morgan fingerprint density at radius 3 is 2.92 bits per heavy atom. The Hall–Kier alpha value is -4.51. The van der Waals surface area contributed by atoms with E-state index < -0.39 is 0 Å². The fraction of sp³-hybridized carbons (Fsp3) is 0.269. The van der Waals surface area contributed by atoms with Crippen molar-refractivity contribution in [3.8, 4) is 11.7 Å². The molecule has 6 rings (SSSR count). The largest absolute Gasteiger partial charge is 0.474 e. The smallest absolute Gasteiger partial charge is 0.278 e. The Kier molecular flexibility index (Phi) is 5.89. The van der Waals surface area contributed by atoms with Crippen LogP contribution in [0.3, 0.4) is 0 Å². The fourth-order valence-corrected chi connectivity index (χ4v) is 4.53. The first-order chi connectivity index (χ1) is 18.1. The van der Waals surface area contributed by atoms with Crippen LogP contribution >= 0.6 is 0 Å². The molecule has 0 saturated carbocycles. The van der Waals surface area contributed by atoms with Crippen molar-refractivity contribution in [1.29, 1.82) is 0 Å². The summed E-state index contributed by atoms with van der Waals surface area (Å²) >= 11 is 0. The lowest BCUT2D eigenvalue weighted by Crippen LogP contribution is -2.34. The van der Waals surface area contributed by atoms with Crippen molar-refractivity contribution in [3.05, 3.63) is 71.5 Å². The summed E-state index contributed by atoms with van der Waals surface area (Å²) in [6, 6.07) is 11.1. The van der Waals surface area contributed by atoms with Gasteiger partial charge in [-0.3, -0.25) is 4.79 Å². The van der Waals surface area contributed by atoms with Gasteiger partial charge in [0.2, 0.25) is 11.8 Å². The SMILES string of the molecule is C=CCn1c(=O)c2cnc(Nc3ccc4nc(C)oc4c3)nc2n1-c1cccc(OC2CCNCC2)n1. The third-order valence-corrected chi connectivity index (χ3v) is 6.23. The Morgan fingerprint density at radius 2 is 2.08 bits per heavy atom. The van der Waals surface area contributed by atoms with Crippen molar-refractivity contribution in [1.82, 2.24) is 34.6 Å². The predicted molar refractivity (Wildman–Crippen MR) is 140 cm³/mol. The summed E-state index contributed by atoms with van der Waals surface area (Å²) in [4.78, 5) is 31.4. The van der Waals surface area contributed by atoms with Crippen LogP contribution in [0.1, 0.15) is 18.7 Å². The van der Waals surface area contributed by atoms with Gasteiger partial charge in [0.1, 0.15) is 17.0 Å². The molecule has 11 heteroatoms. The second-order valence-electron chi connectivity index (χ2n) is 8.86. The topological polar surface area (TPSA) is 125 Å². The van der Waals surface area contributed by atoms with E-state index in [0.29, 0.717) is 40.2 Å². The van der Waals surface area contributed by atoms with Gasteiger partial charge >= 0.3 is 0 Å². The minimum absolute atomic E-state index is 0.101. The van der Waals surface area contributed by atoms with Crippen LogP contribution < -0.4 is 20.9 Å². The number of rotatable bonds is 7. The molecule has 0 spiro atoms. The lowest BCUT2D eigenvalue weighted by atomic mass is 10.1. The molecule has 1 aliphatic rings. The maximum absolute atomic E-state index is 13.2. The van der Waals surface area contributed by atoms with Gasteiger partial charge in [0.05, 0.1) is 6.54 Å². The van der Waals surface area contributed by atoms with Crippen LogP contribution in [-0.4, -0.2) is 48.5 Å². The summed E-state index contributed by atoms with van der Waals surface area (Å²) < 4.78 is 15.0. The fourth-order valence-electron chi connectivity index (χ4n) is 4.53. The van der Waals surface area contributed by atoms with E-state index in [9.17, 15) is 4.79 Å². The number of nitrogens with zero attached hydrogens (tertiary/aromatic N) is 6. The highest BCUT2D eigenvalue weighted by Gasteiger charge is 2.20. The summed E-state index contributed by atoms with van der Waals surface area (Å²) in [6.45, 7) is 7.73. The summed E-state index contributed by atoms with van der Waals surface area (Å²) in [7, 11) is 0. The highest BCUT2D eigenvalue weighted by Crippen LogP contribution is 2.24. The van der Waals surface area contributed by atoms with Crippen molar-refractivity contribution >= 4 is 33.8 Å². The molecule has 0 amide bonds. The van der Waals surface area contributed by atoms with Gasteiger partial charge in [-0.15, -0.1) is 6.58 Å². The summed E-state index contributed by atoms with van der Waals surface area (Å²) in [5.41, 5.74) is 2.36. The first-order valence-electron chi connectivity index (χ1n) is 12.2. The maximum Gasteiger partial charge on any atom is 0.278 e. The Morgan fingerprint density at radius 1 is 1.22 bits per heavy atom. The van der Waals surface area contributed by atoms with E-state index in [1.165, 1.54) is 10.9 Å². The lowest BCUT2D eigenvalue weighted by molar-refractivity contribution is 0.156. The number of fused-ring (bicyclic) bond motifs is 2. The third-order valence-electron chi connectivity index (χ3n) is 6.23. The van der Waals surface area contributed by atoms with E-state index in [-0.39, 0.29) is 18.2 Å². The minimum atomic E-state index is -0.230. The minimum Gasteiger partial charge on any atom is -0.474 e. The van der Waals surface area contributed by atoms with E-state index in [2.05, 4.69) is 27.2 Å². The van der Waals surface area contributed by atoms with Gasteiger partial charge in [0, 0.05) is 30.9 Å². The average Bonchev–Trinajstić information content (AvgIpc) is 3.40. The second kappa shape index (κ2) is 9.51. The van der Waals surface area contributed by atoms with Crippen LogP contribution in [0.4, 0.5) is 11.6 Å². The first kappa shape index (κ1) is 22.9. The zero-order valence-electron chi connectivity index (χ0n) is 20.3. The van der Waals surface area contributed by atoms with Crippen molar-refractivity contribution in [2.75, 3.05) is 18.4 Å². The van der Waals surface area contributed by atoms with Gasteiger partial charge in [-0.25, -0.2) is 19.3 Å². The van der Waals surface area contributed by atoms with Crippen molar-refractivity contribution in [3.63, 3.8) is 0 Å². The van der Waals surface area contributed by atoms with Crippen LogP contribution in [0.5, 0.6) is 5.88 Å². The number of aromatic nitrogens is 6. The molecule has 1 aliphatic heterocycles. The van der Waals surface area contributed by atoms with Gasteiger partial charge in [-0.05, 0) is 44.1 Å². The third kappa shape index (κ3) is 4.45. The molecule has 0 unspecified atom stereocenters. The van der Waals surface area contributed by atoms with Gasteiger partial charge in [0.25, 0.3) is 5.56 Å². The molecule has 1 fully saturated rings. The van der Waals surface area contributed by atoms with E-state index in [1.54, 1.807) is 17.7 Å². The van der Waals surface area contributed by atoms with E-state index in [1.807, 2.05) is 36.4 Å². The number of ether oxygens (including phenoxy) is 1. The highest BCUT2D eigenvalue weighted by atomic mass is 16.5. The average molecular weight is 499 g/mol. The number of allylic oxidation sites excluding steroid dienone is 1. The molecule has 0 aliphatic carbocycles. The number of benzene rings is 1. The normalized spacial score (nSPS) is 14.3. The quantitative estimate of drug-likeness (QED) is 0.324. The molecule has 2 N–H and O–H groups in total. The van der Waals surface area contributed by atoms with E-state index >= 15 is 0 Å². The Labute approximate surface area is 211 Å². The number of pyridine rings is 1. The molecule has 37 heavy (non-hydrogen) atoms. The molecular weight excluding hydrogens is 472 g/mol. The number of oxazole rings is 1. The standard InChI is InChI=1S/C26H26N8O3/c1-3-13-33-25(35)19-15-28-26(30-17-7-8-20-21(14-17)36-16(2)29-20)32-24(19)34(33)22-5-4-6-23(31-22)37-18-9-11-27-12-10-18/h3-8,14-15,18,27H,1,9-13H2,2H3,(H,28,30,32). The highest BCUT2D eigenvalue weighted by molar-refractivity contribution is 5.80. The van der Waals surface area contributed by atoms with Gasteiger partial charge in [-0.1, -0.05) is 12.1 Å². The number of aryl methyl sites for hydroxylation is 1. The Balaban J connectivity index is 1.40. The molecule has 0 atom stereocenters. The second-order valence-corrected chi connectivity index (χ2v) is 8.86. The van der Waals surface area contributed by atoms with Crippen molar-refractivity contribution in [2.24, 2.45) is 0 Å². The maximum atomic E-state index is 13.2. The van der Waals surface area contributed by atoms with Crippen LogP contribution in [0, 0.1) is 6.92 Å². The molecule has 5 aromatic rings. The van der Waals surface area contributed by atoms with Gasteiger partial charge in [-0.2, -0.15) is 9.97 Å². The lowest BCUT2D eigenvalue weighted by Gasteiger charge is -2.23. The van der Waals surface area contributed by atoms with Crippen LogP contribution in [0.2, 0.25) is 0 Å². The van der Waals surface area contributed by atoms with Crippen LogP contribution in [0.25, 0.3) is 28.0 Å². The number of hydrogen-bond donors (Lipinski definition) is 2. The molecule has 0 bridgehead atoms. The molecule has 4 aromatic heterocycles. The van der Waals surface area contributed by atoms with Crippen molar-refractivity contribution in [2.45, 2.75) is 32.4 Å². The summed E-state index contributed by atoms with van der Waals surface area (Å²) in [5.74, 6) is 1.95. The van der Waals surface area contributed by atoms with Gasteiger partial charge < -0.3 is 19.8 Å². The number of nitrogens with one attached hydrogen (secondary N) is 2. The van der Waals surface area contributed by atoms with E-state index in [4.69, 9.17) is 19.1 Å². The van der Waals surface area contributed by atoms with Gasteiger partial charge in [0.15, 0.2) is 22.9 Å². The molecule has 1 saturated heterocycles. The zero-order valence-corrected chi connectivity index (χ0v) is 20.3.